The van der Waals surface area contributed by atoms with Crippen LogP contribution in [0.15, 0.2) is 48.1 Å². The molecule has 0 saturated carbocycles. The number of rotatable bonds is 4. The molecule has 3 heterocycles. The molecule has 130 valence electrons. The van der Waals surface area contributed by atoms with E-state index in [2.05, 4.69) is 20.6 Å². The average molecular weight is 404 g/mol. The van der Waals surface area contributed by atoms with Crippen LogP contribution in [0.4, 0.5) is 0 Å². The normalized spacial score (nSPS) is 11.0. The Hall–Kier alpha value is -2.48. The smallest absolute Gasteiger partial charge is 0.272 e. The van der Waals surface area contributed by atoms with E-state index in [1.165, 1.54) is 10.8 Å². The van der Waals surface area contributed by atoms with Crippen molar-refractivity contribution in [3.63, 3.8) is 0 Å². The highest BCUT2D eigenvalue weighted by atomic mass is 35.5. The molecule has 26 heavy (non-hydrogen) atoms. The second kappa shape index (κ2) is 7.03. The minimum absolute atomic E-state index is 0.245. The van der Waals surface area contributed by atoms with Crippen molar-refractivity contribution in [1.82, 2.24) is 25.1 Å². The molecule has 6 nitrogen and oxygen atoms in total. The molecule has 0 aliphatic heterocycles. The van der Waals surface area contributed by atoms with Gasteiger partial charge >= 0.3 is 0 Å². The van der Waals surface area contributed by atoms with Crippen molar-refractivity contribution in [3.05, 3.63) is 68.7 Å². The zero-order valence-electron chi connectivity index (χ0n) is 13.2. The van der Waals surface area contributed by atoms with Crippen LogP contribution in [0.1, 0.15) is 15.4 Å². The van der Waals surface area contributed by atoms with Gasteiger partial charge in [-0.3, -0.25) is 4.79 Å². The largest absolute Gasteiger partial charge is 0.346 e. The predicted octanol–water partition coefficient (Wildman–Crippen LogP) is 4.09. The summed E-state index contributed by atoms with van der Waals surface area (Å²) in [4.78, 5) is 13.6. The summed E-state index contributed by atoms with van der Waals surface area (Å²) < 4.78 is 1.46. The molecule has 0 saturated heterocycles. The Labute approximate surface area is 162 Å². The van der Waals surface area contributed by atoms with Crippen molar-refractivity contribution in [2.24, 2.45) is 0 Å². The molecule has 9 heteroatoms. The van der Waals surface area contributed by atoms with E-state index in [1.54, 1.807) is 35.6 Å². The van der Waals surface area contributed by atoms with Gasteiger partial charge in [-0.2, -0.15) is 9.61 Å². The molecule has 0 unspecified atom stereocenters. The van der Waals surface area contributed by atoms with Crippen LogP contribution >= 0.6 is 34.5 Å². The Morgan fingerprint density at radius 3 is 2.85 bits per heavy atom. The van der Waals surface area contributed by atoms with Crippen molar-refractivity contribution in [2.45, 2.75) is 6.54 Å². The highest BCUT2D eigenvalue weighted by Gasteiger charge is 2.17. The van der Waals surface area contributed by atoms with E-state index in [9.17, 15) is 4.79 Å². The average Bonchev–Trinajstić information content (AvgIpc) is 3.30. The van der Waals surface area contributed by atoms with Gasteiger partial charge in [-0.25, -0.2) is 0 Å². The third-order valence-electron chi connectivity index (χ3n) is 3.73. The molecule has 1 N–H and O–H groups in total. The number of halogens is 2. The summed E-state index contributed by atoms with van der Waals surface area (Å²) in [5.74, 6) is -0.291. The van der Waals surface area contributed by atoms with E-state index in [0.717, 1.165) is 4.88 Å². The second-order valence-electron chi connectivity index (χ2n) is 5.43. The van der Waals surface area contributed by atoms with Crippen LogP contribution in [0, 0.1) is 0 Å². The highest BCUT2D eigenvalue weighted by Crippen LogP contribution is 2.32. The van der Waals surface area contributed by atoms with E-state index in [1.807, 2.05) is 17.5 Å². The van der Waals surface area contributed by atoms with Crippen LogP contribution in [-0.2, 0) is 6.54 Å². The Morgan fingerprint density at radius 1 is 1.19 bits per heavy atom. The maximum Gasteiger partial charge on any atom is 0.272 e. The first-order valence-electron chi connectivity index (χ1n) is 7.59. The van der Waals surface area contributed by atoms with Gasteiger partial charge < -0.3 is 5.32 Å². The van der Waals surface area contributed by atoms with Gasteiger partial charge in [-0.05, 0) is 29.6 Å². The van der Waals surface area contributed by atoms with Crippen LogP contribution in [0.2, 0.25) is 10.0 Å². The Kier molecular flexibility index (Phi) is 4.58. The molecule has 0 bridgehead atoms. The molecule has 0 spiro atoms. The third kappa shape index (κ3) is 3.29. The van der Waals surface area contributed by atoms with Crippen LogP contribution in [0.3, 0.4) is 0 Å². The number of nitrogens with one attached hydrogen (secondary N) is 1. The van der Waals surface area contributed by atoms with Crippen molar-refractivity contribution in [1.29, 1.82) is 0 Å². The van der Waals surface area contributed by atoms with Gasteiger partial charge in [0.05, 0.1) is 11.6 Å². The van der Waals surface area contributed by atoms with E-state index < -0.39 is 0 Å². The predicted molar refractivity (Wildman–Crippen MR) is 102 cm³/mol. The first-order chi connectivity index (χ1) is 12.6. The van der Waals surface area contributed by atoms with Gasteiger partial charge in [0.25, 0.3) is 5.91 Å². The lowest BCUT2D eigenvalue weighted by atomic mass is 10.1. The first kappa shape index (κ1) is 17.0. The molecule has 4 aromatic rings. The number of hydrogen-bond acceptors (Lipinski definition) is 5. The van der Waals surface area contributed by atoms with Crippen molar-refractivity contribution < 1.29 is 4.79 Å². The lowest BCUT2D eigenvalue weighted by molar-refractivity contribution is 0.0945. The minimum Gasteiger partial charge on any atom is -0.346 e. The third-order valence-corrected chi connectivity index (χ3v) is 5.15. The van der Waals surface area contributed by atoms with Gasteiger partial charge in [0.2, 0.25) is 0 Å². The zero-order valence-corrected chi connectivity index (χ0v) is 15.5. The standard InChI is InChI=1S/C17H11Cl2N5OS/c18-10-3-4-12(14(19)6-10)13-7-15(23-24-9-21-22-16(13)24)17(25)20-8-11-2-1-5-26-11/h1-7,9H,8H2,(H,20,25). The highest BCUT2D eigenvalue weighted by molar-refractivity contribution is 7.09. The zero-order chi connectivity index (χ0) is 18.1. The number of aromatic nitrogens is 4. The summed E-state index contributed by atoms with van der Waals surface area (Å²) in [5.41, 5.74) is 2.10. The molecule has 0 aliphatic rings. The molecule has 1 amide bonds. The van der Waals surface area contributed by atoms with Crippen molar-refractivity contribution in [3.8, 4) is 11.1 Å². The van der Waals surface area contributed by atoms with Crippen LogP contribution in [0.5, 0.6) is 0 Å². The van der Waals surface area contributed by atoms with Gasteiger partial charge in [0.15, 0.2) is 5.65 Å². The fraction of sp³-hybridized carbons (Fsp3) is 0.0588. The Bertz CT molecular complexity index is 1090. The minimum atomic E-state index is -0.291. The van der Waals surface area contributed by atoms with Gasteiger partial charge in [-0.15, -0.1) is 21.5 Å². The number of carbonyl (C=O) groups is 1. The molecule has 1 aromatic carbocycles. The number of amides is 1. The molecule has 0 fully saturated rings. The lowest BCUT2D eigenvalue weighted by Gasteiger charge is -2.09. The molecule has 0 radical (unpaired) electrons. The van der Waals surface area contributed by atoms with Crippen molar-refractivity contribution >= 4 is 46.1 Å². The van der Waals surface area contributed by atoms with E-state index >= 15 is 0 Å². The maximum absolute atomic E-state index is 12.6. The number of thiophene rings is 1. The first-order valence-corrected chi connectivity index (χ1v) is 9.22. The SMILES string of the molecule is O=C(NCc1cccs1)c1cc(-c2ccc(Cl)cc2Cl)c2nncn2n1. The quantitative estimate of drug-likeness (QED) is 0.556. The molecule has 0 atom stereocenters. The second-order valence-corrected chi connectivity index (χ2v) is 7.30. The molecular weight excluding hydrogens is 393 g/mol. The number of benzene rings is 1. The lowest BCUT2D eigenvalue weighted by Crippen LogP contribution is -2.24. The molecule has 4 rings (SSSR count). The number of carbonyl (C=O) groups excluding carboxylic acids is 1. The number of fused-ring (bicyclic) bond motifs is 1. The summed E-state index contributed by atoms with van der Waals surface area (Å²) in [6, 6.07) is 10.7. The van der Waals surface area contributed by atoms with Gasteiger partial charge in [-0.1, -0.05) is 35.3 Å². The summed E-state index contributed by atoms with van der Waals surface area (Å²) in [7, 11) is 0. The topological polar surface area (TPSA) is 72.2 Å². The molecule has 3 aromatic heterocycles. The summed E-state index contributed by atoms with van der Waals surface area (Å²) in [6.07, 6.45) is 1.44. The van der Waals surface area contributed by atoms with Gasteiger partial charge in [0, 0.05) is 21.0 Å². The number of nitrogens with zero attached hydrogens (tertiary/aromatic N) is 4. The van der Waals surface area contributed by atoms with Crippen molar-refractivity contribution in [2.75, 3.05) is 0 Å². The van der Waals surface area contributed by atoms with E-state index in [4.69, 9.17) is 23.2 Å². The fourth-order valence-corrected chi connectivity index (χ4v) is 3.67. The summed E-state index contributed by atoms with van der Waals surface area (Å²) >= 11 is 13.9. The molecular formula is C17H11Cl2N5OS. The summed E-state index contributed by atoms with van der Waals surface area (Å²) in [6.45, 7) is 0.440. The Balaban J connectivity index is 1.73. The van der Waals surface area contributed by atoms with E-state index in [-0.39, 0.29) is 11.6 Å². The molecule has 0 aliphatic carbocycles. The monoisotopic (exact) mass is 403 g/mol. The summed E-state index contributed by atoms with van der Waals surface area (Å²) in [5, 5.41) is 18.0. The fourth-order valence-electron chi connectivity index (χ4n) is 2.51. The number of hydrogen-bond donors (Lipinski definition) is 1. The maximum atomic E-state index is 12.6. The van der Waals surface area contributed by atoms with Gasteiger partial charge in [0.1, 0.15) is 12.0 Å². The van der Waals surface area contributed by atoms with E-state index in [0.29, 0.717) is 33.4 Å². The Morgan fingerprint density at radius 2 is 2.08 bits per heavy atom. The van der Waals surface area contributed by atoms with Crippen LogP contribution in [0.25, 0.3) is 16.8 Å². The van der Waals surface area contributed by atoms with Crippen LogP contribution in [-0.4, -0.2) is 25.7 Å². The van der Waals surface area contributed by atoms with Crippen LogP contribution < -0.4 is 5.32 Å².